The number of rotatable bonds is 4. The Morgan fingerprint density at radius 3 is 2.17 bits per heavy atom. The van der Waals surface area contributed by atoms with Crippen LogP contribution in [0.3, 0.4) is 0 Å². The predicted molar refractivity (Wildman–Crippen MR) is 69.5 cm³/mol. The maximum atomic E-state index is 12.0. The van der Waals surface area contributed by atoms with Crippen molar-refractivity contribution in [2.24, 2.45) is 0 Å². The average Bonchev–Trinajstić information content (AvgIpc) is 2.40. The summed E-state index contributed by atoms with van der Waals surface area (Å²) in [6.07, 6.45) is 0.101. The lowest BCUT2D eigenvalue weighted by Gasteiger charge is -2.04. The third-order valence-corrected chi connectivity index (χ3v) is 3.46. The molecule has 0 fully saturated rings. The molecule has 0 radical (unpaired) electrons. The standard InChI is InChI=1S/C14H12O3S/c15-13(11-6-2-1-3-7-11)10-12-8-4-5-9-14(12)18(16)17/h1-9,18H,10H2. The molecule has 18 heavy (non-hydrogen) atoms. The number of carbonyl (C=O) groups excluding carboxylic acids is 1. The normalized spacial score (nSPS) is 10.5. The highest BCUT2D eigenvalue weighted by molar-refractivity contribution is 7.72. The van der Waals surface area contributed by atoms with Crippen LogP contribution in [0.25, 0.3) is 0 Å². The van der Waals surface area contributed by atoms with Crippen molar-refractivity contribution in [2.75, 3.05) is 0 Å². The number of hydrogen-bond donors (Lipinski definition) is 1. The molecule has 0 saturated heterocycles. The summed E-state index contributed by atoms with van der Waals surface area (Å²) >= 11 is 0. The van der Waals surface area contributed by atoms with E-state index >= 15 is 0 Å². The molecule has 92 valence electrons. The summed E-state index contributed by atoms with van der Waals surface area (Å²) in [6.45, 7) is 0. The zero-order chi connectivity index (χ0) is 13.0. The molecule has 2 rings (SSSR count). The smallest absolute Gasteiger partial charge is 0.168 e. The van der Waals surface area contributed by atoms with E-state index in [1.54, 1.807) is 42.5 Å². The zero-order valence-electron chi connectivity index (χ0n) is 9.58. The van der Waals surface area contributed by atoms with Gasteiger partial charge in [-0.05, 0) is 11.6 Å². The van der Waals surface area contributed by atoms with E-state index in [1.165, 1.54) is 6.07 Å². The van der Waals surface area contributed by atoms with Crippen LogP contribution in [0.15, 0.2) is 59.5 Å². The van der Waals surface area contributed by atoms with Crippen LogP contribution in [0.2, 0.25) is 0 Å². The highest BCUT2D eigenvalue weighted by Gasteiger charge is 2.10. The Morgan fingerprint density at radius 2 is 1.50 bits per heavy atom. The van der Waals surface area contributed by atoms with Gasteiger partial charge in [-0.15, -0.1) is 0 Å². The molecule has 0 bridgehead atoms. The largest absolute Gasteiger partial charge is 0.294 e. The predicted octanol–water partition coefficient (Wildman–Crippen LogP) is 2.08. The van der Waals surface area contributed by atoms with Gasteiger partial charge in [-0.2, -0.15) is 0 Å². The van der Waals surface area contributed by atoms with Gasteiger partial charge < -0.3 is 0 Å². The number of thiol groups is 1. The van der Waals surface area contributed by atoms with Crippen LogP contribution in [-0.4, -0.2) is 14.2 Å². The molecule has 0 aromatic heterocycles. The molecule has 0 saturated carbocycles. The van der Waals surface area contributed by atoms with E-state index in [2.05, 4.69) is 0 Å². The quantitative estimate of drug-likeness (QED) is 0.676. The van der Waals surface area contributed by atoms with Gasteiger partial charge in [-0.3, -0.25) is 4.79 Å². The van der Waals surface area contributed by atoms with Gasteiger partial charge >= 0.3 is 0 Å². The summed E-state index contributed by atoms with van der Waals surface area (Å²) in [5.74, 6) is -0.0834. The molecule has 0 amide bonds. The molecule has 0 atom stereocenters. The van der Waals surface area contributed by atoms with Crippen molar-refractivity contribution in [2.45, 2.75) is 11.3 Å². The second-order valence-electron chi connectivity index (χ2n) is 3.85. The molecule has 2 aromatic carbocycles. The summed E-state index contributed by atoms with van der Waals surface area (Å²) in [7, 11) is -2.67. The van der Waals surface area contributed by atoms with Gasteiger partial charge in [0, 0.05) is 12.0 Å². The van der Waals surface area contributed by atoms with Gasteiger partial charge in [0.1, 0.15) is 0 Å². The first-order valence-electron chi connectivity index (χ1n) is 5.49. The molecule has 0 aliphatic rings. The van der Waals surface area contributed by atoms with Crippen LogP contribution in [0.1, 0.15) is 15.9 Å². The van der Waals surface area contributed by atoms with Crippen molar-refractivity contribution >= 4 is 16.5 Å². The summed E-state index contributed by atoms with van der Waals surface area (Å²) < 4.78 is 22.1. The summed E-state index contributed by atoms with van der Waals surface area (Å²) in [6, 6.07) is 15.4. The van der Waals surface area contributed by atoms with Crippen molar-refractivity contribution in [1.82, 2.24) is 0 Å². The van der Waals surface area contributed by atoms with Crippen LogP contribution in [0, 0.1) is 0 Å². The topological polar surface area (TPSA) is 51.2 Å². The van der Waals surface area contributed by atoms with Crippen LogP contribution in [-0.2, 0) is 17.1 Å². The lowest BCUT2D eigenvalue weighted by Crippen LogP contribution is -2.05. The van der Waals surface area contributed by atoms with Crippen molar-refractivity contribution in [3.8, 4) is 0 Å². The van der Waals surface area contributed by atoms with Crippen LogP contribution >= 0.6 is 0 Å². The van der Waals surface area contributed by atoms with Gasteiger partial charge in [0.15, 0.2) is 16.5 Å². The Bertz CT molecular complexity index is 622. The van der Waals surface area contributed by atoms with Crippen LogP contribution in [0.5, 0.6) is 0 Å². The molecule has 4 heteroatoms. The van der Waals surface area contributed by atoms with Crippen molar-refractivity contribution in [1.29, 1.82) is 0 Å². The summed E-state index contributed by atoms with van der Waals surface area (Å²) in [5, 5.41) is 0. The number of hydrogen-bond acceptors (Lipinski definition) is 3. The maximum absolute atomic E-state index is 12.0. The number of carbonyl (C=O) groups is 1. The third-order valence-electron chi connectivity index (χ3n) is 2.64. The third kappa shape index (κ3) is 2.84. The number of ketones is 1. The number of benzene rings is 2. The van der Waals surface area contributed by atoms with E-state index in [9.17, 15) is 13.2 Å². The molecular formula is C14H12O3S. The Hall–Kier alpha value is -1.94. The lowest BCUT2D eigenvalue weighted by molar-refractivity contribution is 0.0992. The Morgan fingerprint density at radius 1 is 0.889 bits per heavy atom. The second kappa shape index (κ2) is 5.60. The molecule has 0 aliphatic carbocycles. The number of Topliss-reactive ketones (excluding diaryl/α,β-unsaturated/α-hetero) is 1. The summed E-state index contributed by atoms with van der Waals surface area (Å²) in [4.78, 5) is 12.2. The van der Waals surface area contributed by atoms with Crippen molar-refractivity contribution in [3.63, 3.8) is 0 Å². The molecule has 2 aromatic rings. The van der Waals surface area contributed by atoms with Gasteiger partial charge in [0.05, 0.1) is 4.90 Å². The minimum Gasteiger partial charge on any atom is -0.294 e. The molecule has 0 spiro atoms. The van der Waals surface area contributed by atoms with Crippen LogP contribution < -0.4 is 0 Å². The van der Waals surface area contributed by atoms with Gasteiger partial charge in [-0.1, -0.05) is 48.5 Å². The van der Waals surface area contributed by atoms with Crippen molar-refractivity contribution in [3.05, 3.63) is 65.7 Å². The Labute approximate surface area is 107 Å². The fourth-order valence-electron chi connectivity index (χ4n) is 1.74. The lowest BCUT2D eigenvalue weighted by atomic mass is 10.0. The van der Waals surface area contributed by atoms with E-state index in [4.69, 9.17) is 0 Å². The van der Waals surface area contributed by atoms with E-state index in [-0.39, 0.29) is 17.1 Å². The second-order valence-corrected chi connectivity index (χ2v) is 4.85. The first kappa shape index (κ1) is 12.5. The molecule has 0 aliphatic heterocycles. The van der Waals surface area contributed by atoms with Crippen LogP contribution in [0.4, 0.5) is 0 Å². The molecule has 0 N–H and O–H groups in total. The van der Waals surface area contributed by atoms with Gasteiger partial charge in [-0.25, -0.2) is 8.42 Å². The Balaban J connectivity index is 2.28. The molecule has 0 heterocycles. The summed E-state index contributed by atoms with van der Waals surface area (Å²) in [5.41, 5.74) is 1.14. The van der Waals surface area contributed by atoms with Gasteiger partial charge in [0.2, 0.25) is 0 Å². The first-order valence-corrected chi connectivity index (χ1v) is 6.67. The van der Waals surface area contributed by atoms with Crippen molar-refractivity contribution < 1.29 is 13.2 Å². The average molecular weight is 260 g/mol. The fourth-order valence-corrected chi connectivity index (χ4v) is 2.33. The van der Waals surface area contributed by atoms with E-state index in [1.807, 2.05) is 6.07 Å². The van der Waals surface area contributed by atoms with E-state index < -0.39 is 10.7 Å². The molecule has 0 unspecified atom stereocenters. The first-order chi connectivity index (χ1) is 8.68. The molecular weight excluding hydrogens is 248 g/mol. The highest BCUT2D eigenvalue weighted by Crippen LogP contribution is 2.13. The van der Waals surface area contributed by atoms with E-state index in [0.29, 0.717) is 11.1 Å². The zero-order valence-corrected chi connectivity index (χ0v) is 10.5. The minimum absolute atomic E-state index is 0.0834. The SMILES string of the molecule is O=C(Cc1ccccc1[SH](=O)=O)c1ccccc1. The highest BCUT2D eigenvalue weighted by atomic mass is 32.2. The monoisotopic (exact) mass is 260 g/mol. The fraction of sp³-hybridized carbons (Fsp3) is 0.0714. The maximum Gasteiger partial charge on any atom is 0.168 e. The van der Waals surface area contributed by atoms with Gasteiger partial charge in [0.25, 0.3) is 0 Å². The molecule has 3 nitrogen and oxygen atoms in total. The minimum atomic E-state index is -2.67. The van der Waals surface area contributed by atoms with E-state index in [0.717, 1.165) is 0 Å². The Kier molecular flexibility index (Phi) is 3.89.